The van der Waals surface area contributed by atoms with E-state index < -0.39 is 17.6 Å². The van der Waals surface area contributed by atoms with Gasteiger partial charge >= 0.3 is 6.18 Å². The Balaban J connectivity index is 2.47. The number of aliphatic hydroxyl groups is 1. The van der Waals surface area contributed by atoms with Gasteiger partial charge in [0.25, 0.3) is 0 Å². The lowest BCUT2D eigenvalue weighted by molar-refractivity contribution is -0.139. The smallest absolute Gasteiger partial charge is 0.419 e. The lowest BCUT2D eigenvalue weighted by Crippen LogP contribution is -2.08. The van der Waals surface area contributed by atoms with Crippen LogP contribution in [0.4, 0.5) is 17.6 Å². The molecule has 0 aliphatic heterocycles. The number of alkyl halides is 3. The molecule has 96 valence electrons. The van der Waals surface area contributed by atoms with Crippen LogP contribution in [0.2, 0.25) is 0 Å². The fourth-order valence-corrected chi connectivity index (χ4v) is 1.51. The van der Waals surface area contributed by atoms with E-state index >= 15 is 0 Å². The molecule has 18 heavy (non-hydrogen) atoms. The minimum absolute atomic E-state index is 0.100. The van der Waals surface area contributed by atoms with E-state index in [9.17, 15) is 17.6 Å². The third-order valence-electron chi connectivity index (χ3n) is 2.37. The number of aliphatic hydroxyl groups excluding tert-OH is 1. The van der Waals surface area contributed by atoms with Gasteiger partial charge in [0.2, 0.25) is 0 Å². The van der Waals surface area contributed by atoms with Gasteiger partial charge in [0.1, 0.15) is 23.9 Å². The molecule has 0 atom stereocenters. The van der Waals surface area contributed by atoms with E-state index in [1.807, 2.05) is 0 Å². The van der Waals surface area contributed by atoms with Crippen molar-refractivity contribution in [3.63, 3.8) is 0 Å². The SMILES string of the molecule is OCc1ccc(-c2ccc(F)c(C(F)(F)F)c2)o1. The topological polar surface area (TPSA) is 33.4 Å². The second kappa shape index (κ2) is 4.45. The Bertz CT molecular complexity index is 557. The summed E-state index contributed by atoms with van der Waals surface area (Å²) >= 11 is 0. The first-order valence-electron chi connectivity index (χ1n) is 4.98. The first kappa shape index (κ1) is 12.6. The average Bonchev–Trinajstić information content (AvgIpc) is 2.76. The van der Waals surface area contributed by atoms with Crippen LogP contribution in [0, 0.1) is 5.82 Å². The molecule has 0 bridgehead atoms. The van der Waals surface area contributed by atoms with Crippen LogP contribution in [-0.2, 0) is 12.8 Å². The first-order chi connectivity index (χ1) is 8.41. The predicted octanol–water partition coefficient (Wildman–Crippen LogP) is 3.60. The van der Waals surface area contributed by atoms with Gasteiger partial charge in [0, 0.05) is 5.56 Å². The number of rotatable bonds is 2. The second-order valence-electron chi connectivity index (χ2n) is 3.62. The Labute approximate surface area is 99.5 Å². The third-order valence-corrected chi connectivity index (χ3v) is 2.37. The normalized spacial score (nSPS) is 11.8. The van der Waals surface area contributed by atoms with Crippen molar-refractivity contribution in [1.29, 1.82) is 0 Å². The molecule has 0 aliphatic rings. The van der Waals surface area contributed by atoms with Crippen LogP contribution in [-0.4, -0.2) is 5.11 Å². The number of hydrogen-bond donors (Lipinski definition) is 1. The van der Waals surface area contributed by atoms with Crippen molar-refractivity contribution in [3.05, 3.63) is 47.5 Å². The summed E-state index contributed by atoms with van der Waals surface area (Å²) in [5, 5.41) is 8.79. The van der Waals surface area contributed by atoms with Crippen LogP contribution in [0.3, 0.4) is 0 Å². The van der Waals surface area contributed by atoms with Crippen LogP contribution in [0.15, 0.2) is 34.7 Å². The molecule has 1 heterocycles. The Hall–Kier alpha value is -1.82. The molecule has 1 aromatic carbocycles. The molecule has 0 unspecified atom stereocenters. The first-order valence-corrected chi connectivity index (χ1v) is 4.98. The molecule has 0 saturated heterocycles. The molecular formula is C12H8F4O2. The highest BCUT2D eigenvalue weighted by Crippen LogP contribution is 2.34. The van der Waals surface area contributed by atoms with Crippen LogP contribution in [0.1, 0.15) is 11.3 Å². The van der Waals surface area contributed by atoms with Crippen molar-refractivity contribution < 1.29 is 27.1 Å². The maximum absolute atomic E-state index is 13.1. The summed E-state index contributed by atoms with van der Waals surface area (Å²) in [6.45, 7) is -0.354. The highest BCUT2D eigenvalue weighted by atomic mass is 19.4. The lowest BCUT2D eigenvalue weighted by Gasteiger charge is -2.08. The van der Waals surface area contributed by atoms with E-state index in [-0.39, 0.29) is 23.7 Å². The Morgan fingerprint density at radius 1 is 1.11 bits per heavy atom. The van der Waals surface area contributed by atoms with Crippen LogP contribution in [0.25, 0.3) is 11.3 Å². The Kier molecular flexibility index (Phi) is 3.13. The third kappa shape index (κ3) is 2.38. The van der Waals surface area contributed by atoms with E-state index in [1.54, 1.807) is 0 Å². The lowest BCUT2D eigenvalue weighted by atomic mass is 10.1. The molecule has 0 spiro atoms. The molecular weight excluding hydrogens is 252 g/mol. The average molecular weight is 260 g/mol. The van der Waals surface area contributed by atoms with E-state index in [2.05, 4.69) is 0 Å². The van der Waals surface area contributed by atoms with Gasteiger partial charge in [-0.3, -0.25) is 0 Å². The molecule has 2 aromatic rings. The monoisotopic (exact) mass is 260 g/mol. The van der Waals surface area contributed by atoms with Gasteiger partial charge in [-0.1, -0.05) is 0 Å². The number of benzene rings is 1. The van der Waals surface area contributed by atoms with Crippen molar-refractivity contribution in [2.24, 2.45) is 0 Å². The second-order valence-corrected chi connectivity index (χ2v) is 3.62. The fraction of sp³-hybridized carbons (Fsp3) is 0.167. The van der Waals surface area contributed by atoms with Crippen LogP contribution in [0.5, 0.6) is 0 Å². The van der Waals surface area contributed by atoms with Gasteiger partial charge in [0.05, 0.1) is 5.56 Å². The van der Waals surface area contributed by atoms with E-state index in [0.29, 0.717) is 6.07 Å². The summed E-state index contributed by atoms with van der Waals surface area (Å²) < 4.78 is 55.7. The molecule has 1 aromatic heterocycles. The van der Waals surface area contributed by atoms with Gasteiger partial charge in [-0.05, 0) is 30.3 Å². The minimum atomic E-state index is -4.76. The molecule has 2 rings (SSSR count). The zero-order valence-corrected chi connectivity index (χ0v) is 8.96. The van der Waals surface area contributed by atoms with Gasteiger partial charge in [-0.2, -0.15) is 13.2 Å². The van der Waals surface area contributed by atoms with E-state index in [0.717, 1.165) is 6.07 Å². The quantitative estimate of drug-likeness (QED) is 0.837. The summed E-state index contributed by atoms with van der Waals surface area (Å²) in [6.07, 6.45) is -4.76. The standard InChI is InChI=1S/C12H8F4O2/c13-10-3-1-7(5-9(10)12(14,15)16)11-4-2-8(6-17)18-11/h1-5,17H,6H2. The largest absolute Gasteiger partial charge is 0.459 e. The fourth-order valence-electron chi connectivity index (χ4n) is 1.51. The van der Waals surface area contributed by atoms with Crippen molar-refractivity contribution in [1.82, 2.24) is 0 Å². The van der Waals surface area contributed by atoms with Crippen molar-refractivity contribution in [2.75, 3.05) is 0 Å². The summed E-state index contributed by atoms with van der Waals surface area (Å²) in [4.78, 5) is 0. The maximum Gasteiger partial charge on any atom is 0.419 e. The van der Waals surface area contributed by atoms with Gasteiger partial charge in [0.15, 0.2) is 0 Å². The minimum Gasteiger partial charge on any atom is -0.459 e. The van der Waals surface area contributed by atoms with Crippen LogP contribution < -0.4 is 0 Å². The molecule has 0 aliphatic carbocycles. The van der Waals surface area contributed by atoms with Gasteiger partial charge in [-0.25, -0.2) is 4.39 Å². The van der Waals surface area contributed by atoms with Crippen molar-refractivity contribution in [3.8, 4) is 11.3 Å². The number of furan rings is 1. The molecule has 0 radical (unpaired) electrons. The maximum atomic E-state index is 13.1. The van der Waals surface area contributed by atoms with Crippen molar-refractivity contribution in [2.45, 2.75) is 12.8 Å². The molecule has 6 heteroatoms. The summed E-state index contributed by atoms with van der Waals surface area (Å²) in [6, 6.07) is 5.45. The summed E-state index contributed by atoms with van der Waals surface area (Å²) in [5.41, 5.74) is -1.25. The Morgan fingerprint density at radius 2 is 1.83 bits per heavy atom. The van der Waals surface area contributed by atoms with Gasteiger partial charge in [-0.15, -0.1) is 0 Å². The highest BCUT2D eigenvalue weighted by Gasteiger charge is 2.34. The number of halogens is 4. The predicted molar refractivity (Wildman–Crippen MR) is 55.0 cm³/mol. The van der Waals surface area contributed by atoms with E-state index in [4.69, 9.17) is 9.52 Å². The molecule has 2 nitrogen and oxygen atoms in total. The summed E-state index contributed by atoms with van der Waals surface area (Å²) in [5.74, 6) is -0.965. The Morgan fingerprint density at radius 3 is 2.39 bits per heavy atom. The van der Waals surface area contributed by atoms with Crippen LogP contribution >= 0.6 is 0 Å². The van der Waals surface area contributed by atoms with E-state index in [1.165, 1.54) is 18.2 Å². The number of hydrogen-bond acceptors (Lipinski definition) is 2. The summed E-state index contributed by atoms with van der Waals surface area (Å²) in [7, 11) is 0. The van der Waals surface area contributed by atoms with Gasteiger partial charge < -0.3 is 9.52 Å². The molecule has 1 N–H and O–H groups in total. The molecule has 0 fully saturated rings. The molecule has 0 saturated carbocycles. The zero-order chi connectivity index (χ0) is 13.3. The highest BCUT2D eigenvalue weighted by molar-refractivity contribution is 5.59. The molecule has 0 amide bonds. The zero-order valence-electron chi connectivity index (χ0n) is 8.96. The van der Waals surface area contributed by atoms with Crippen molar-refractivity contribution >= 4 is 0 Å².